The Balaban J connectivity index is 1.85. The van der Waals surface area contributed by atoms with Crippen LogP contribution in [0.1, 0.15) is 54.4 Å². The van der Waals surface area contributed by atoms with Crippen molar-refractivity contribution in [3.8, 4) is 0 Å². The van der Waals surface area contributed by atoms with E-state index in [4.69, 9.17) is 0 Å². The fraction of sp³-hybridized carbons (Fsp3) is 0.667. The predicted molar refractivity (Wildman–Crippen MR) is 112 cm³/mol. The molecule has 1 saturated heterocycles. The van der Waals surface area contributed by atoms with E-state index in [1.165, 1.54) is 12.8 Å². The van der Waals surface area contributed by atoms with E-state index in [-0.39, 0.29) is 0 Å². The highest BCUT2D eigenvalue weighted by Gasteiger charge is 2.34. The molecule has 1 aliphatic heterocycles. The second-order valence-corrected chi connectivity index (χ2v) is 9.26. The van der Waals surface area contributed by atoms with Crippen molar-refractivity contribution in [2.45, 2.75) is 54.4 Å². The highest BCUT2D eigenvalue weighted by atomic mass is 15.4. The zero-order valence-corrected chi connectivity index (χ0v) is 17.7. The molecule has 0 aromatic heterocycles. The maximum absolute atomic E-state index is 2.69. The van der Waals surface area contributed by atoms with Gasteiger partial charge in [0.25, 0.3) is 0 Å². The summed E-state index contributed by atoms with van der Waals surface area (Å²) in [6.45, 7) is 17.6. The van der Waals surface area contributed by atoms with Crippen molar-refractivity contribution in [2.24, 2.45) is 29.6 Å². The molecular weight excluding hydrogens is 316 g/mol. The molecule has 3 rings (SSSR count). The van der Waals surface area contributed by atoms with Gasteiger partial charge in [-0.15, -0.1) is 0 Å². The summed E-state index contributed by atoms with van der Waals surface area (Å²) in [6, 6.07) is 0. The van der Waals surface area contributed by atoms with Crippen LogP contribution in [0.3, 0.4) is 0 Å². The summed E-state index contributed by atoms with van der Waals surface area (Å²) in [5.74, 6) is 3.32. The Labute approximate surface area is 161 Å². The maximum Gasteiger partial charge on any atom is 0.0899 e. The van der Waals surface area contributed by atoms with Crippen molar-refractivity contribution in [1.82, 2.24) is 9.80 Å². The molecule has 0 spiro atoms. The normalized spacial score (nSPS) is 26.7. The monoisotopic (exact) mass is 354 g/mol. The molecule has 0 bridgehead atoms. The van der Waals surface area contributed by atoms with E-state index < -0.39 is 0 Å². The number of hydrogen-bond donors (Lipinski definition) is 0. The molecule has 2 nitrogen and oxygen atoms in total. The van der Waals surface area contributed by atoms with Crippen LogP contribution in [0.15, 0.2) is 47.3 Å². The van der Waals surface area contributed by atoms with Gasteiger partial charge in [0.05, 0.1) is 6.67 Å². The van der Waals surface area contributed by atoms with Crippen molar-refractivity contribution in [3.05, 3.63) is 47.3 Å². The van der Waals surface area contributed by atoms with Gasteiger partial charge in [-0.1, -0.05) is 65.8 Å². The van der Waals surface area contributed by atoms with Crippen LogP contribution in [0.2, 0.25) is 0 Å². The van der Waals surface area contributed by atoms with Crippen LogP contribution in [-0.2, 0) is 0 Å². The summed E-state index contributed by atoms with van der Waals surface area (Å²) in [7, 11) is 0. The number of rotatable bonds is 5. The van der Waals surface area contributed by atoms with E-state index in [1.807, 2.05) is 0 Å². The van der Waals surface area contributed by atoms with Gasteiger partial charge in [-0.2, -0.15) is 0 Å². The molecule has 2 unspecified atom stereocenters. The van der Waals surface area contributed by atoms with Crippen LogP contribution in [0, 0.1) is 29.6 Å². The Morgan fingerprint density at radius 1 is 0.846 bits per heavy atom. The molecule has 0 radical (unpaired) electrons. The van der Waals surface area contributed by atoms with E-state index in [0.717, 1.165) is 19.8 Å². The average Bonchev–Trinajstić information content (AvgIpc) is 3.10. The molecule has 0 saturated carbocycles. The Morgan fingerprint density at radius 3 is 2.15 bits per heavy atom. The van der Waals surface area contributed by atoms with Crippen LogP contribution in [0.5, 0.6) is 0 Å². The Bertz CT molecular complexity index is 618. The molecule has 0 N–H and O–H groups in total. The third-order valence-electron chi connectivity index (χ3n) is 6.43. The van der Waals surface area contributed by atoms with Crippen molar-refractivity contribution in [2.75, 3.05) is 19.8 Å². The van der Waals surface area contributed by atoms with Gasteiger partial charge < -0.3 is 9.80 Å². The highest BCUT2D eigenvalue weighted by molar-refractivity contribution is 5.33. The van der Waals surface area contributed by atoms with Gasteiger partial charge in [-0.25, -0.2) is 0 Å². The van der Waals surface area contributed by atoms with Gasteiger partial charge in [0.15, 0.2) is 0 Å². The Kier molecular flexibility index (Phi) is 5.99. The summed E-state index contributed by atoms with van der Waals surface area (Å²) in [4.78, 5) is 5.34. The molecule has 3 aliphatic rings. The van der Waals surface area contributed by atoms with Gasteiger partial charge in [0.2, 0.25) is 0 Å². The van der Waals surface area contributed by atoms with Crippen molar-refractivity contribution in [1.29, 1.82) is 0 Å². The molecular formula is C24H38N2. The van der Waals surface area contributed by atoms with Crippen LogP contribution >= 0.6 is 0 Å². The van der Waals surface area contributed by atoms with E-state index in [2.05, 4.69) is 81.7 Å². The molecule has 2 heteroatoms. The van der Waals surface area contributed by atoms with Gasteiger partial charge in [-0.3, -0.25) is 0 Å². The molecule has 0 aromatic rings. The van der Waals surface area contributed by atoms with E-state index >= 15 is 0 Å². The van der Waals surface area contributed by atoms with Gasteiger partial charge in [0.1, 0.15) is 0 Å². The summed E-state index contributed by atoms with van der Waals surface area (Å²) in [5, 5.41) is 0. The van der Waals surface area contributed by atoms with Crippen molar-refractivity contribution < 1.29 is 0 Å². The minimum atomic E-state index is 0.595. The van der Waals surface area contributed by atoms with Crippen molar-refractivity contribution >= 4 is 0 Å². The summed E-state index contributed by atoms with van der Waals surface area (Å²) in [5.41, 5.74) is 4.76. The molecule has 144 valence electrons. The Hall–Kier alpha value is -1.44. The van der Waals surface area contributed by atoms with Crippen LogP contribution in [0.4, 0.5) is 0 Å². The molecule has 26 heavy (non-hydrogen) atoms. The lowest BCUT2D eigenvalue weighted by Gasteiger charge is -2.37. The smallest absolute Gasteiger partial charge is 0.0899 e. The van der Waals surface area contributed by atoms with E-state index in [9.17, 15) is 0 Å². The quantitative estimate of drug-likeness (QED) is 0.614. The number of hydrogen-bond acceptors (Lipinski definition) is 2. The van der Waals surface area contributed by atoms with E-state index in [0.29, 0.717) is 29.6 Å². The average molecular weight is 355 g/mol. The lowest BCUT2D eigenvalue weighted by Crippen LogP contribution is -2.34. The minimum absolute atomic E-state index is 0.595. The topological polar surface area (TPSA) is 6.48 Å². The predicted octanol–water partition coefficient (Wildman–Crippen LogP) is 5.82. The Morgan fingerprint density at radius 2 is 1.50 bits per heavy atom. The first-order chi connectivity index (χ1) is 12.4. The maximum atomic E-state index is 2.69. The van der Waals surface area contributed by atoms with Crippen LogP contribution in [0.25, 0.3) is 0 Å². The van der Waals surface area contributed by atoms with Crippen LogP contribution in [-0.4, -0.2) is 29.6 Å². The zero-order valence-electron chi connectivity index (χ0n) is 17.7. The zero-order chi connectivity index (χ0) is 18.8. The number of nitrogens with zero attached hydrogens (tertiary/aromatic N) is 2. The lowest BCUT2D eigenvalue weighted by atomic mass is 9.80. The minimum Gasteiger partial charge on any atom is -0.355 e. The highest BCUT2D eigenvalue weighted by Crippen LogP contribution is 2.39. The second-order valence-electron chi connectivity index (χ2n) is 9.26. The van der Waals surface area contributed by atoms with Gasteiger partial charge in [-0.05, 0) is 42.2 Å². The van der Waals surface area contributed by atoms with Crippen molar-refractivity contribution in [3.63, 3.8) is 0 Å². The first-order valence-electron chi connectivity index (χ1n) is 10.7. The third-order valence-corrected chi connectivity index (χ3v) is 6.43. The fourth-order valence-electron chi connectivity index (χ4n) is 4.83. The summed E-state index contributed by atoms with van der Waals surface area (Å²) < 4.78 is 0. The van der Waals surface area contributed by atoms with Gasteiger partial charge in [0, 0.05) is 36.3 Å². The van der Waals surface area contributed by atoms with E-state index in [1.54, 1.807) is 17.0 Å². The SMILES string of the molecule is CC(C)C1=C(N2CCN(C3=CC=CCC3C(C)C)C2)C(C(C)C)CC=C1. The molecule has 1 fully saturated rings. The number of allylic oxidation sites excluding steroid dienone is 8. The molecule has 0 aromatic carbocycles. The molecule has 0 amide bonds. The third kappa shape index (κ3) is 3.80. The molecule has 2 atom stereocenters. The molecule has 1 heterocycles. The fourth-order valence-corrected chi connectivity index (χ4v) is 4.83. The lowest BCUT2D eigenvalue weighted by molar-refractivity contribution is 0.244. The largest absolute Gasteiger partial charge is 0.355 e. The van der Waals surface area contributed by atoms with Gasteiger partial charge >= 0.3 is 0 Å². The summed E-state index contributed by atoms with van der Waals surface area (Å²) in [6.07, 6.45) is 14.2. The first-order valence-corrected chi connectivity index (χ1v) is 10.7. The summed E-state index contributed by atoms with van der Waals surface area (Å²) >= 11 is 0. The second kappa shape index (κ2) is 8.06. The standard InChI is InChI=1S/C24H38N2/c1-17(2)20-10-7-8-13-23(20)25-14-15-26(16-25)24-21(18(3)4)11-9-12-22(24)19(5)6/h7-9,11,13,17-20,22H,10,12,14-16H2,1-6H3. The molecule has 2 aliphatic carbocycles. The van der Waals surface area contributed by atoms with Crippen LogP contribution < -0.4 is 0 Å². The first kappa shape index (κ1) is 19.3.